The van der Waals surface area contributed by atoms with E-state index in [9.17, 15) is 0 Å². The molecule has 0 aromatic rings. The lowest BCUT2D eigenvalue weighted by molar-refractivity contribution is 0.342. The number of allylic oxidation sites excluding steroid dienone is 1. The molecule has 0 amide bonds. The first kappa shape index (κ1) is 13.8. The molecule has 0 aliphatic carbocycles. The van der Waals surface area contributed by atoms with Crippen LogP contribution in [0.5, 0.6) is 0 Å². The van der Waals surface area contributed by atoms with Gasteiger partial charge < -0.3 is 21.7 Å². The Balaban J connectivity index is 4.77. The summed E-state index contributed by atoms with van der Waals surface area (Å²) in [6.07, 6.45) is 0. The van der Waals surface area contributed by atoms with Crippen LogP contribution in [0.2, 0.25) is 0 Å². The maximum absolute atomic E-state index is 5.89. The minimum Gasteiger partial charge on any atom is -0.394 e. The fraction of sp³-hybridized carbons (Fsp3) is 0.700. The third-order valence-corrected chi connectivity index (χ3v) is 2.38. The molecule has 0 atom stereocenters. The van der Waals surface area contributed by atoms with E-state index in [0.717, 1.165) is 5.70 Å². The first-order valence-electron chi connectivity index (χ1n) is 5.05. The molecule has 0 aromatic carbocycles. The number of hydrogen-bond acceptors (Lipinski definition) is 4. The number of hydrogen-bond donors (Lipinski definition) is 3. The number of amidine groups is 1. The Hall–Kier alpha value is -1.23. The fourth-order valence-electron chi connectivity index (χ4n) is 1.01. The standard InChI is InChI=1S/C10H23N5/c1-7(2)15(5)8(3)9(11)10(12)14-6-13-4/h7,13H,6,11H2,1-5H3,(H2,12,14)/b9-8-. The molecule has 0 saturated heterocycles. The summed E-state index contributed by atoms with van der Waals surface area (Å²) >= 11 is 0. The van der Waals surface area contributed by atoms with Crippen LogP contribution in [-0.4, -0.2) is 37.5 Å². The molecule has 0 heterocycles. The lowest BCUT2D eigenvalue weighted by Gasteiger charge is -2.25. The van der Waals surface area contributed by atoms with Crippen molar-refractivity contribution < 1.29 is 0 Å². The monoisotopic (exact) mass is 213 g/mol. The van der Waals surface area contributed by atoms with Gasteiger partial charge in [0.2, 0.25) is 0 Å². The minimum absolute atomic E-state index is 0.384. The molecule has 88 valence electrons. The molecule has 0 unspecified atom stereocenters. The quantitative estimate of drug-likeness (QED) is 0.445. The molecule has 0 rings (SSSR count). The van der Waals surface area contributed by atoms with Crippen molar-refractivity contribution in [1.29, 1.82) is 0 Å². The van der Waals surface area contributed by atoms with E-state index in [0.29, 0.717) is 24.2 Å². The second-order valence-electron chi connectivity index (χ2n) is 3.76. The smallest absolute Gasteiger partial charge is 0.144 e. The summed E-state index contributed by atoms with van der Waals surface area (Å²) in [5, 5.41) is 2.89. The average molecular weight is 213 g/mol. The van der Waals surface area contributed by atoms with Crippen molar-refractivity contribution >= 4 is 5.84 Å². The highest BCUT2D eigenvalue weighted by Gasteiger charge is 2.09. The second kappa shape index (κ2) is 6.29. The molecule has 0 fully saturated rings. The molecule has 5 N–H and O–H groups in total. The first-order chi connectivity index (χ1) is 6.91. The van der Waals surface area contributed by atoms with E-state index in [-0.39, 0.29) is 0 Å². The van der Waals surface area contributed by atoms with Gasteiger partial charge in [0.15, 0.2) is 0 Å². The van der Waals surface area contributed by atoms with Gasteiger partial charge in [-0.1, -0.05) is 0 Å². The van der Waals surface area contributed by atoms with Gasteiger partial charge >= 0.3 is 0 Å². The van der Waals surface area contributed by atoms with Crippen LogP contribution in [0.3, 0.4) is 0 Å². The van der Waals surface area contributed by atoms with Crippen molar-refractivity contribution in [3.63, 3.8) is 0 Å². The summed E-state index contributed by atoms with van der Waals surface area (Å²) in [6.45, 7) is 6.61. The fourth-order valence-corrected chi connectivity index (χ4v) is 1.01. The third-order valence-electron chi connectivity index (χ3n) is 2.38. The van der Waals surface area contributed by atoms with E-state index in [1.807, 2.05) is 21.0 Å². The molecular weight excluding hydrogens is 190 g/mol. The van der Waals surface area contributed by atoms with Gasteiger partial charge in [-0.3, -0.25) is 4.99 Å². The van der Waals surface area contributed by atoms with Crippen LogP contribution in [0.1, 0.15) is 20.8 Å². The lowest BCUT2D eigenvalue weighted by atomic mass is 10.2. The van der Waals surface area contributed by atoms with Crippen molar-refractivity contribution in [2.45, 2.75) is 26.8 Å². The van der Waals surface area contributed by atoms with Gasteiger partial charge in [0.25, 0.3) is 0 Å². The van der Waals surface area contributed by atoms with Crippen LogP contribution < -0.4 is 16.8 Å². The summed E-state index contributed by atoms with van der Waals surface area (Å²) in [5.74, 6) is 0.384. The van der Waals surface area contributed by atoms with Gasteiger partial charge in [-0.25, -0.2) is 0 Å². The Labute approximate surface area is 92.2 Å². The van der Waals surface area contributed by atoms with Gasteiger partial charge in [-0.05, 0) is 27.8 Å². The minimum atomic E-state index is 0.384. The van der Waals surface area contributed by atoms with Crippen LogP contribution in [0.4, 0.5) is 0 Å². The predicted octanol–water partition coefficient (Wildman–Crippen LogP) is 0.0509. The number of aliphatic imine (C=N–C) groups is 1. The van der Waals surface area contributed by atoms with E-state index < -0.39 is 0 Å². The molecule has 0 spiro atoms. The molecule has 5 heteroatoms. The zero-order valence-electron chi connectivity index (χ0n) is 10.3. The highest BCUT2D eigenvalue weighted by Crippen LogP contribution is 2.07. The van der Waals surface area contributed by atoms with Crippen LogP contribution in [0.15, 0.2) is 16.4 Å². The largest absolute Gasteiger partial charge is 0.394 e. The number of rotatable bonds is 5. The average Bonchev–Trinajstić information content (AvgIpc) is 2.22. The Kier molecular flexibility index (Phi) is 5.77. The van der Waals surface area contributed by atoms with Gasteiger partial charge in [-0.2, -0.15) is 0 Å². The topological polar surface area (TPSA) is 79.7 Å². The maximum Gasteiger partial charge on any atom is 0.144 e. The van der Waals surface area contributed by atoms with Crippen molar-refractivity contribution in [3.8, 4) is 0 Å². The number of nitrogens with zero attached hydrogens (tertiary/aromatic N) is 2. The SMILES string of the molecule is CNCN=C(N)/C(N)=C(\C)N(C)C(C)C. The van der Waals surface area contributed by atoms with Crippen molar-refractivity contribution in [3.05, 3.63) is 11.4 Å². The molecule has 15 heavy (non-hydrogen) atoms. The van der Waals surface area contributed by atoms with Crippen LogP contribution in [0.25, 0.3) is 0 Å². The number of nitrogens with two attached hydrogens (primary N) is 2. The molecule has 0 saturated carbocycles. The highest BCUT2D eigenvalue weighted by atomic mass is 15.1. The second-order valence-corrected chi connectivity index (χ2v) is 3.76. The summed E-state index contributed by atoms with van der Waals surface area (Å²) < 4.78 is 0. The van der Waals surface area contributed by atoms with Gasteiger partial charge in [0.05, 0.1) is 12.4 Å². The van der Waals surface area contributed by atoms with Crippen LogP contribution >= 0.6 is 0 Å². The van der Waals surface area contributed by atoms with Gasteiger partial charge in [-0.15, -0.1) is 0 Å². The van der Waals surface area contributed by atoms with E-state index in [1.165, 1.54) is 0 Å². The Morgan fingerprint density at radius 2 is 1.93 bits per heavy atom. The van der Waals surface area contributed by atoms with E-state index >= 15 is 0 Å². The molecule has 0 aliphatic rings. The van der Waals surface area contributed by atoms with E-state index in [2.05, 4.69) is 29.1 Å². The summed E-state index contributed by atoms with van der Waals surface area (Å²) in [6, 6.07) is 0.389. The highest BCUT2D eigenvalue weighted by molar-refractivity contribution is 5.96. The van der Waals surface area contributed by atoms with Gasteiger partial charge in [0, 0.05) is 18.8 Å². The molecule has 0 bridgehead atoms. The van der Waals surface area contributed by atoms with Crippen molar-refractivity contribution in [2.24, 2.45) is 16.5 Å². The summed E-state index contributed by atoms with van der Waals surface area (Å²) in [4.78, 5) is 6.15. The molecule has 0 radical (unpaired) electrons. The zero-order valence-corrected chi connectivity index (χ0v) is 10.3. The van der Waals surface area contributed by atoms with E-state index in [1.54, 1.807) is 0 Å². The number of nitrogens with one attached hydrogen (secondary N) is 1. The first-order valence-corrected chi connectivity index (χ1v) is 5.05. The molecule has 5 nitrogen and oxygen atoms in total. The van der Waals surface area contributed by atoms with Crippen LogP contribution in [-0.2, 0) is 0 Å². The van der Waals surface area contributed by atoms with Crippen LogP contribution in [0, 0.1) is 0 Å². The van der Waals surface area contributed by atoms with Gasteiger partial charge in [0.1, 0.15) is 5.84 Å². The summed E-state index contributed by atoms with van der Waals surface area (Å²) in [7, 11) is 3.79. The van der Waals surface area contributed by atoms with Crippen molar-refractivity contribution in [1.82, 2.24) is 10.2 Å². The normalized spacial score (nSPS) is 14.1. The Bertz CT molecular complexity index is 255. The third kappa shape index (κ3) is 4.20. The zero-order chi connectivity index (χ0) is 12.0. The summed E-state index contributed by atoms with van der Waals surface area (Å²) in [5.41, 5.74) is 13.1. The molecule has 0 aliphatic heterocycles. The lowest BCUT2D eigenvalue weighted by Crippen LogP contribution is -2.32. The Morgan fingerprint density at radius 3 is 2.33 bits per heavy atom. The van der Waals surface area contributed by atoms with E-state index in [4.69, 9.17) is 11.5 Å². The maximum atomic E-state index is 5.89. The van der Waals surface area contributed by atoms with Crippen molar-refractivity contribution in [2.75, 3.05) is 20.8 Å². The molecular formula is C10H23N5. The predicted molar refractivity (Wildman–Crippen MR) is 65.3 cm³/mol. The molecule has 0 aromatic heterocycles. The Morgan fingerprint density at radius 1 is 1.40 bits per heavy atom.